The largest absolute Gasteiger partial charge is 0.464 e. The Labute approximate surface area is 140 Å². The van der Waals surface area contributed by atoms with Crippen molar-refractivity contribution < 1.29 is 9.53 Å². The summed E-state index contributed by atoms with van der Waals surface area (Å²) in [5.41, 5.74) is 7.59. The molecule has 0 aliphatic heterocycles. The van der Waals surface area contributed by atoms with Gasteiger partial charge in [0.2, 0.25) is 5.82 Å². The highest BCUT2D eigenvalue weighted by Crippen LogP contribution is 2.24. The minimum absolute atomic E-state index is 0.241. The van der Waals surface area contributed by atoms with E-state index in [1.54, 1.807) is 10.9 Å². The van der Waals surface area contributed by atoms with E-state index < -0.39 is 5.97 Å². The second kappa shape index (κ2) is 7.04. The fraction of sp³-hybridized carbons (Fsp3) is 0.562. The van der Waals surface area contributed by atoms with Gasteiger partial charge in [-0.25, -0.2) is 9.78 Å². The topological polar surface area (TPSA) is 109 Å². The van der Waals surface area contributed by atoms with E-state index in [0.29, 0.717) is 29.0 Å². The average Bonchev–Trinajstić information content (AvgIpc) is 3.04. The zero-order valence-corrected chi connectivity index (χ0v) is 14.0. The van der Waals surface area contributed by atoms with Crippen LogP contribution in [0, 0.1) is 12.8 Å². The Kier molecular flexibility index (Phi) is 4.84. The van der Waals surface area contributed by atoms with Crippen molar-refractivity contribution in [2.24, 2.45) is 11.7 Å². The third-order valence-corrected chi connectivity index (χ3v) is 4.37. The number of rotatable bonds is 4. The second-order valence-corrected chi connectivity index (χ2v) is 6.32. The number of pyridine rings is 1. The van der Waals surface area contributed by atoms with E-state index in [9.17, 15) is 4.79 Å². The number of aryl methyl sites for hydroxylation is 1. The Morgan fingerprint density at radius 2 is 2.08 bits per heavy atom. The number of aromatic nitrogens is 5. The van der Waals surface area contributed by atoms with Gasteiger partial charge in [-0.15, -0.1) is 10.2 Å². The van der Waals surface area contributed by atoms with E-state index in [1.807, 2.05) is 13.0 Å². The first kappa shape index (κ1) is 16.5. The monoisotopic (exact) mass is 330 g/mol. The molecule has 0 aromatic carbocycles. The Morgan fingerprint density at radius 3 is 2.79 bits per heavy atom. The maximum absolute atomic E-state index is 11.7. The second-order valence-electron chi connectivity index (χ2n) is 6.32. The molecule has 1 saturated carbocycles. The molecule has 2 aromatic rings. The SMILES string of the molecule is COC(=O)c1cc(-c2nnn(CC3CCC(N)CC3)n2)cc(C)n1. The lowest BCUT2D eigenvalue weighted by Crippen LogP contribution is -2.28. The van der Waals surface area contributed by atoms with E-state index in [2.05, 4.69) is 20.4 Å². The zero-order chi connectivity index (χ0) is 17.1. The van der Waals surface area contributed by atoms with E-state index in [0.717, 1.165) is 32.2 Å². The van der Waals surface area contributed by atoms with Crippen LogP contribution in [0.1, 0.15) is 41.9 Å². The van der Waals surface area contributed by atoms with Crippen LogP contribution in [0.15, 0.2) is 12.1 Å². The van der Waals surface area contributed by atoms with Gasteiger partial charge in [0.15, 0.2) is 0 Å². The summed E-state index contributed by atoms with van der Waals surface area (Å²) in [4.78, 5) is 17.5. The fourth-order valence-electron chi connectivity index (χ4n) is 3.04. The summed E-state index contributed by atoms with van der Waals surface area (Å²) >= 11 is 0. The Morgan fingerprint density at radius 1 is 1.33 bits per heavy atom. The molecule has 1 aliphatic rings. The van der Waals surface area contributed by atoms with Gasteiger partial charge < -0.3 is 10.5 Å². The maximum atomic E-state index is 11.7. The molecule has 1 fully saturated rings. The number of hydrogen-bond acceptors (Lipinski definition) is 7. The summed E-state index contributed by atoms with van der Waals surface area (Å²) in [5.74, 6) is 0.542. The van der Waals surface area contributed by atoms with Crippen LogP contribution in [-0.2, 0) is 11.3 Å². The van der Waals surface area contributed by atoms with E-state index in [-0.39, 0.29) is 5.69 Å². The van der Waals surface area contributed by atoms with E-state index >= 15 is 0 Å². The number of tetrazole rings is 1. The molecule has 1 aliphatic carbocycles. The summed E-state index contributed by atoms with van der Waals surface area (Å²) in [7, 11) is 1.33. The van der Waals surface area contributed by atoms with Gasteiger partial charge in [0.1, 0.15) is 5.69 Å². The number of carbonyl (C=O) groups excluding carboxylic acids is 1. The van der Waals surface area contributed by atoms with Gasteiger partial charge in [-0.05, 0) is 55.9 Å². The summed E-state index contributed by atoms with van der Waals surface area (Å²) in [5, 5.41) is 12.7. The third-order valence-electron chi connectivity index (χ3n) is 4.37. The average molecular weight is 330 g/mol. The molecule has 2 heterocycles. The molecule has 0 amide bonds. The van der Waals surface area contributed by atoms with Crippen LogP contribution in [0.3, 0.4) is 0 Å². The number of carbonyl (C=O) groups is 1. The number of nitrogens with two attached hydrogens (primary N) is 1. The van der Waals surface area contributed by atoms with Crippen LogP contribution in [0.25, 0.3) is 11.4 Å². The molecular weight excluding hydrogens is 308 g/mol. The molecular formula is C16H22N6O2. The van der Waals surface area contributed by atoms with Gasteiger partial charge in [-0.3, -0.25) is 0 Å². The van der Waals surface area contributed by atoms with Crippen LogP contribution in [0.5, 0.6) is 0 Å². The highest BCUT2D eigenvalue weighted by molar-refractivity contribution is 5.88. The van der Waals surface area contributed by atoms with Gasteiger partial charge in [0, 0.05) is 17.3 Å². The molecule has 2 N–H and O–H groups in total. The number of esters is 1. The van der Waals surface area contributed by atoms with Crippen LogP contribution in [0.4, 0.5) is 0 Å². The molecule has 0 saturated heterocycles. The standard InChI is InChI=1S/C16H22N6O2/c1-10-7-12(8-14(18-10)16(23)24-2)15-19-21-22(20-15)9-11-3-5-13(17)6-4-11/h7-8,11,13H,3-6,9,17H2,1-2H3. The van der Waals surface area contributed by atoms with E-state index in [4.69, 9.17) is 10.5 Å². The lowest BCUT2D eigenvalue weighted by molar-refractivity contribution is 0.0594. The summed E-state index contributed by atoms with van der Waals surface area (Å²) in [6.07, 6.45) is 4.30. The molecule has 8 heteroatoms. The zero-order valence-electron chi connectivity index (χ0n) is 14.0. The van der Waals surface area contributed by atoms with Crippen molar-refractivity contribution in [3.8, 4) is 11.4 Å². The van der Waals surface area contributed by atoms with Crippen molar-refractivity contribution in [1.82, 2.24) is 25.2 Å². The molecule has 128 valence electrons. The van der Waals surface area contributed by atoms with Crippen molar-refractivity contribution >= 4 is 5.97 Å². The first-order valence-corrected chi connectivity index (χ1v) is 8.16. The number of hydrogen-bond donors (Lipinski definition) is 1. The van der Waals surface area contributed by atoms with Gasteiger partial charge >= 0.3 is 5.97 Å². The Hall–Kier alpha value is -2.35. The van der Waals surface area contributed by atoms with Crippen molar-refractivity contribution in [2.45, 2.75) is 45.2 Å². The molecule has 0 unspecified atom stereocenters. The molecule has 0 radical (unpaired) electrons. The third kappa shape index (κ3) is 3.76. The highest BCUT2D eigenvalue weighted by atomic mass is 16.5. The molecule has 24 heavy (non-hydrogen) atoms. The lowest BCUT2D eigenvalue weighted by Gasteiger charge is -2.25. The first-order valence-electron chi connectivity index (χ1n) is 8.16. The molecule has 3 rings (SSSR count). The van der Waals surface area contributed by atoms with Gasteiger partial charge in [0.05, 0.1) is 13.7 Å². The first-order chi connectivity index (χ1) is 11.5. The number of ether oxygens (including phenoxy) is 1. The Balaban J connectivity index is 1.75. The number of nitrogens with zero attached hydrogens (tertiary/aromatic N) is 5. The quantitative estimate of drug-likeness (QED) is 0.843. The van der Waals surface area contributed by atoms with Crippen molar-refractivity contribution in [2.75, 3.05) is 7.11 Å². The molecule has 0 bridgehead atoms. The van der Waals surface area contributed by atoms with Crippen LogP contribution in [-0.4, -0.2) is 44.3 Å². The molecule has 0 spiro atoms. The van der Waals surface area contributed by atoms with Gasteiger partial charge in [-0.2, -0.15) is 4.80 Å². The smallest absolute Gasteiger partial charge is 0.356 e. The minimum Gasteiger partial charge on any atom is -0.464 e. The van der Waals surface area contributed by atoms with Crippen molar-refractivity contribution in [3.05, 3.63) is 23.5 Å². The highest BCUT2D eigenvalue weighted by Gasteiger charge is 2.20. The van der Waals surface area contributed by atoms with Crippen LogP contribution in [0.2, 0.25) is 0 Å². The molecule has 2 aromatic heterocycles. The number of methoxy groups -OCH3 is 1. The van der Waals surface area contributed by atoms with Crippen molar-refractivity contribution in [3.63, 3.8) is 0 Å². The summed E-state index contributed by atoms with van der Waals surface area (Å²) in [6, 6.07) is 3.78. The Bertz CT molecular complexity index is 721. The fourth-order valence-corrected chi connectivity index (χ4v) is 3.04. The van der Waals surface area contributed by atoms with Crippen molar-refractivity contribution in [1.29, 1.82) is 0 Å². The molecule has 8 nitrogen and oxygen atoms in total. The van der Waals surface area contributed by atoms with E-state index in [1.165, 1.54) is 7.11 Å². The predicted molar refractivity (Wildman–Crippen MR) is 87.1 cm³/mol. The van der Waals surface area contributed by atoms with Gasteiger partial charge in [0.25, 0.3) is 0 Å². The van der Waals surface area contributed by atoms with Crippen LogP contribution < -0.4 is 5.73 Å². The van der Waals surface area contributed by atoms with Crippen LogP contribution >= 0.6 is 0 Å². The lowest BCUT2D eigenvalue weighted by atomic mass is 9.86. The summed E-state index contributed by atoms with van der Waals surface area (Å²) < 4.78 is 4.72. The molecule has 0 atom stereocenters. The minimum atomic E-state index is -0.481. The summed E-state index contributed by atoms with van der Waals surface area (Å²) in [6.45, 7) is 2.55. The predicted octanol–water partition coefficient (Wildman–Crippen LogP) is 1.35. The maximum Gasteiger partial charge on any atom is 0.356 e. The normalized spacial score (nSPS) is 20.8. The van der Waals surface area contributed by atoms with Gasteiger partial charge in [-0.1, -0.05) is 0 Å².